The lowest BCUT2D eigenvalue weighted by Crippen LogP contribution is -2.59. The first kappa shape index (κ1) is 27.2. The van der Waals surface area contributed by atoms with E-state index in [2.05, 4.69) is 20.9 Å². The average Bonchev–Trinajstić information content (AvgIpc) is 3.23. The average molecular weight is 492 g/mol. The summed E-state index contributed by atoms with van der Waals surface area (Å²) < 4.78 is 0. The van der Waals surface area contributed by atoms with Crippen LogP contribution in [0.3, 0.4) is 0 Å². The van der Waals surface area contributed by atoms with E-state index in [4.69, 9.17) is 16.6 Å². The summed E-state index contributed by atoms with van der Waals surface area (Å²) in [6.07, 6.45) is 0.872. The number of carboxylic acids is 1. The number of benzene rings is 1. The molecule has 4 unspecified atom stereocenters. The SMILES string of the molecule is NC(=O)CC(NC(=O)C(N)CO)C(=O)NC(CO)C(=O)NC(Cc1c[nH]c2ccccc12)C(=O)O. The maximum absolute atomic E-state index is 12.6. The molecule has 14 heteroatoms. The summed E-state index contributed by atoms with van der Waals surface area (Å²) in [4.78, 5) is 63.2. The number of aliphatic hydroxyl groups excluding tert-OH is 2. The van der Waals surface area contributed by atoms with Crippen LogP contribution in [0.1, 0.15) is 12.0 Å². The number of primary amides is 1. The minimum absolute atomic E-state index is 0.0867. The van der Waals surface area contributed by atoms with Crippen molar-refractivity contribution in [1.29, 1.82) is 0 Å². The molecule has 1 aromatic carbocycles. The lowest BCUT2D eigenvalue weighted by atomic mass is 10.0. The fourth-order valence-corrected chi connectivity index (χ4v) is 3.23. The Hall–Kier alpha value is -4.01. The van der Waals surface area contributed by atoms with Crippen molar-refractivity contribution < 1.29 is 39.3 Å². The van der Waals surface area contributed by atoms with Crippen molar-refractivity contribution in [2.45, 2.75) is 37.0 Å². The van der Waals surface area contributed by atoms with Gasteiger partial charge in [0.15, 0.2) is 0 Å². The van der Waals surface area contributed by atoms with Gasteiger partial charge in [0.25, 0.3) is 0 Å². The number of aliphatic hydroxyl groups is 2. The number of carbonyl (C=O) groups excluding carboxylic acids is 4. The van der Waals surface area contributed by atoms with E-state index < -0.39 is 73.4 Å². The maximum Gasteiger partial charge on any atom is 0.326 e. The zero-order chi connectivity index (χ0) is 26.1. The molecule has 190 valence electrons. The van der Waals surface area contributed by atoms with E-state index in [1.807, 2.05) is 0 Å². The summed E-state index contributed by atoms with van der Waals surface area (Å²) in [6.45, 7) is -1.64. The number of nitrogens with two attached hydrogens (primary N) is 2. The van der Waals surface area contributed by atoms with Crippen LogP contribution in [0.4, 0.5) is 0 Å². The van der Waals surface area contributed by atoms with E-state index in [-0.39, 0.29) is 6.42 Å². The molecule has 11 N–H and O–H groups in total. The summed E-state index contributed by atoms with van der Waals surface area (Å²) in [5.41, 5.74) is 11.9. The highest BCUT2D eigenvalue weighted by Gasteiger charge is 2.31. The van der Waals surface area contributed by atoms with Gasteiger partial charge in [-0.3, -0.25) is 19.2 Å². The van der Waals surface area contributed by atoms with Gasteiger partial charge in [-0.25, -0.2) is 4.79 Å². The Morgan fingerprint density at radius 3 is 2.09 bits per heavy atom. The molecule has 35 heavy (non-hydrogen) atoms. The maximum atomic E-state index is 12.6. The first-order valence-corrected chi connectivity index (χ1v) is 10.5. The van der Waals surface area contributed by atoms with Gasteiger partial charge in [0.1, 0.15) is 24.2 Å². The van der Waals surface area contributed by atoms with Crippen LogP contribution < -0.4 is 27.4 Å². The van der Waals surface area contributed by atoms with Crippen LogP contribution >= 0.6 is 0 Å². The number of H-pyrrole nitrogens is 1. The molecule has 0 saturated carbocycles. The second-order valence-corrected chi connectivity index (χ2v) is 7.73. The van der Waals surface area contributed by atoms with Gasteiger partial charge < -0.3 is 47.7 Å². The number of nitrogens with one attached hydrogen (secondary N) is 4. The monoisotopic (exact) mass is 492 g/mol. The molecule has 0 aliphatic carbocycles. The zero-order valence-corrected chi connectivity index (χ0v) is 18.6. The molecule has 0 saturated heterocycles. The largest absolute Gasteiger partial charge is 0.480 e. The van der Waals surface area contributed by atoms with Crippen molar-refractivity contribution in [3.05, 3.63) is 36.0 Å². The first-order valence-electron chi connectivity index (χ1n) is 10.5. The molecular weight excluding hydrogens is 464 g/mol. The highest BCUT2D eigenvalue weighted by Crippen LogP contribution is 2.19. The molecular formula is C21H28N6O8. The molecule has 0 bridgehead atoms. The summed E-state index contributed by atoms with van der Waals surface area (Å²) >= 11 is 0. The van der Waals surface area contributed by atoms with Crippen LogP contribution in [0, 0.1) is 0 Å². The Labute approximate surface area is 199 Å². The number of carbonyl (C=O) groups is 5. The number of para-hydroxylation sites is 1. The van der Waals surface area contributed by atoms with Gasteiger partial charge in [-0.2, -0.15) is 0 Å². The Bertz CT molecular complexity index is 1090. The lowest BCUT2D eigenvalue weighted by molar-refractivity contribution is -0.142. The van der Waals surface area contributed by atoms with Crippen molar-refractivity contribution in [2.24, 2.45) is 11.5 Å². The normalized spacial score (nSPS) is 14.4. The molecule has 1 heterocycles. The number of rotatable bonds is 13. The number of aromatic nitrogens is 1. The van der Waals surface area contributed by atoms with Gasteiger partial charge in [-0.15, -0.1) is 0 Å². The smallest absolute Gasteiger partial charge is 0.326 e. The minimum Gasteiger partial charge on any atom is -0.480 e. The van der Waals surface area contributed by atoms with Crippen molar-refractivity contribution in [3.63, 3.8) is 0 Å². The third-order valence-electron chi connectivity index (χ3n) is 5.10. The second-order valence-electron chi connectivity index (χ2n) is 7.73. The molecule has 0 fully saturated rings. The first-order chi connectivity index (χ1) is 16.6. The van der Waals surface area contributed by atoms with Gasteiger partial charge in [-0.1, -0.05) is 18.2 Å². The van der Waals surface area contributed by atoms with Gasteiger partial charge >= 0.3 is 5.97 Å². The number of amides is 4. The van der Waals surface area contributed by atoms with Crippen molar-refractivity contribution in [2.75, 3.05) is 13.2 Å². The molecule has 14 nitrogen and oxygen atoms in total. The molecule has 4 atom stereocenters. The van der Waals surface area contributed by atoms with Gasteiger partial charge in [0.05, 0.1) is 19.6 Å². The Kier molecular flexibility index (Phi) is 9.69. The highest BCUT2D eigenvalue weighted by atomic mass is 16.4. The van der Waals surface area contributed by atoms with E-state index in [1.165, 1.54) is 0 Å². The van der Waals surface area contributed by atoms with Crippen molar-refractivity contribution in [1.82, 2.24) is 20.9 Å². The van der Waals surface area contributed by atoms with Crippen LogP contribution in [0.25, 0.3) is 10.9 Å². The standard InChI is InChI=1S/C21H28N6O8/c22-12(8-28)18(31)25-14(6-17(23)30)19(32)27-16(9-29)20(33)26-15(21(34)35)5-10-7-24-13-4-2-1-3-11(10)13/h1-4,7,12,14-16,24,28-29H,5-6,8-9,22H2,(H2,23,30)(H,25,31)(H,26,33)(H,27,32)(H,34,35). The highest BCUT2D eigenvalue weighted by molar-refractivity contribution is 5.96. The minimum atomic E-state index is -1.61. The molecule has 1 aromatic heterocycles. The molecule has 4 amide bonds. The number of aliphatic carboxylic acids is 1. The Balaban J connectivity index is 2.10. The predicted octanol–water partition coefficient (Wildman–Crippen LogP) is -3.56. The number of hydrogen-bond acceptors (Lipinski definition) is 8. The quantitative estimate of drug-likeness (QED) is 0.134. The Morgan fingerprint density at radius 2 is 1.49 bits per heavy atom. The number of carboxylic acid groups (broad SMARTS) is 1. The topological polar surface area (TPSA) is 250 Å². The van der Waals surface area contributed by atoms with Crippen molar-refractivity contribution >= 4 is 40.5 Å². The van der Waals surface area contributed by atoms with Crippen LogP contribution in [0.5, 0.6) is 0 Å². The molecule has 0 spiro atoms. The second kappa shape index (κ2) is 12.5. The number of aromatic amines is 1. The van der Waals surface area contributed by atoms with E-state index in [9.17, 15) is 34.2 Å². The summed E-state index contributed by atoms with van der Waals surface area (Å²) in [7, 11) is 0. The lowest BCUT2D eigenvalue weighted by Gasteiger charge is -2.23. The Morgan fingerprint density at radius 1 is 0.886 bits per heavy atom. The predicted molar refractivity (Wildman–Crippen MR) is 121 cm³/mol. The number of fused-ring (bicyclic) bond motifs is 1. The number of hydrogen-bond donors (Lipinski definition) is 9. The molecule has 0 aliphatic rings. The van der Waals surface area contributed by atoms with E-state index in [0.29, 0.717) is 5.56 Å². The fraction of sp³-hybridized carbons (Fsp3) is 0.381. The molecule has 2 rings (SSSR count). The third-order valence-corrected chi connectivity index (χ3v) is 5.10. The van der Waals surface area contributed by atoms with E-state index in [1.54, 1.807) is 30.5 Å². The van der Waals surface area contributed by atoms with Gasteiger partial charge in [0, 0.05) is 23.5 Å². The van der Waals surface area contributed by atoms with Crippen LogP contribution in [0.15, 0.2) is 30.5 Å². The third kappa shape index (κ3) is 7.49. The zero-order valence-electron chi connectivity index (χ0n) is 18.6. The summed E-state index contributed by atoms with van der Waals surface area (Å²) in [5, 5.41) is 35.5. The van der Waals surface area contributed by atoms with Crippen LogP contribution in [-0.2, 0) is 30.4 Å². The van der Waals surface area contributed by atoms with Crippen LogP contribution in [0.2, 0.25) is 0 Å². The van der Waals surface area contributed by atoms with Gasteiger partial charge in [-0.05, 0) is 11.6 Å². The van der Waals surface area contributed by atoms with E-state index >= 15 is 0 Å². The molecule has 0 radical (unpaired) electrons. The van der Waals surface area contributed by atoms with Crippen LogP contribution in [-0.4, -0.2) is 87.3 Å². The molecule has 0 aliphatic heterocycles. The molecule has 2 aromatic rings. The van der Waals surface area contributed by atoms with Crippen molar-refractivity contribution in [3.8, 4) is 0 Å². The fourth-order valence-electron chi connectivity index (χ4n) is 3.23. The summed E-state index contributed by atoms with van der Waals surface area (Å²) in [5.74, 6) is -5.32. The van der Waals surface area contributed by atoms with Gasteiger partial charge in [0.2, 0.25) is 23.6 Å². The summed E-state index contributed by atoms with van der Waals surface area (Å²) in [6, 6.07) is 1.24. The van der Waals surface area contributed by atoms with E-state index in [0.717, 1.165) is 10.9 Å².